The summed E-state index contributed by atoms with van der Waals surface area (Å²) in [5, 5.41) is 17.9. The van der Waals surface area contributed by atoms with Gasteiger partial charge in [-0.3, -0.25) is 10.2 Å². The molecular weight excluding hydrogens is 488 g/mol. The average Bonchev–Trinajstić information content (AvgIpc) is 3.12. The van der Waals surface area contributed by atoms with E-state index in [1.54, 1.807) is 0 Å². The fourth-order valence-electron chi connectivity index (χ4n) is 1.71. The first kappa shape index (κ1) is 42.5. The van der Waals surface area contributed by atoms with Crippen LogP contribution in [0.3, 0.4) is 0 Å². The minimum absolute atomic E-state index is 0. The third-order valence-electron chi connectivity index (χ3n) is 2.73. The number of carbonyl (C=O) groups is 1. The second kappa shape index (κ2) is 29.6. The van der Waals surface area contributed by atoms with Crippen LogP contribution in [-0.2, 0) is 4.79 Å². The van der Waals surface area contributed by atoms with Crippen LogP contribution in [0, 0.1) is 18.2 Å². The molecule has 1 heterocycles. The van der Waals surface area contributed by atoms with Crippen LogP contribution in [0.4, 0.5) is 0 Å². The molecule has 1 saturated heterocycles. The third-order valence-corrected chi connectivity index (χ3v) is 2.73. The molecule has 0 radical (unpaired) electrons. The zero-order valence-corrected chi connectivity index (χ0v) is 28.5. The monoisotopic (exact) mass is 526 g/mol. The number of nitrogens with zero attached hydrogens (tertiary/aromatic N) is 2. The number of rotatable bonds is 4. The Balaban J connectivity index is -0.0000000633. The standard InChI is InChI=1S/C7H11NO.C6H12N5.2C2H6.CH3.Cs.K/c1-2-7(9)8-5-3-4-6-8;1-3(7)4(5(8)9)6(10)11-2;2*1-2;;;/h2H,1,3-6H2;7H,10H2,1-2H3,(H3,8,9);2*1-2H3;1H3;;/q;-1;;;-1;2*+1/b;6-4-,7-3?;;;;;. The number of nitrogens with two attached hydrogens (primary N) is 2. The first-order chi connectivity index (χ1) is 11.3. The maximum atomic E-state index is 10.8. The van der Waals surface area contributed by atoms with Gasteiger partial charge >= 0.3 is 120 Å². The van der Waals surface area contributed by atoms with Gasteiger partial charge in [-0.1, -0.05) is 47.1 Å². The summed E-state index contributed by atoms with van der Waals surface area (Å²) >= 11 is 0. The van der Waals surface area contributed by atoms with E-state index < -0.39 is 0 Å². The predicted molar refractivity (Wildman–Crippen MR) is 111 cm³/mol. The molecule has 1 aliphatic heterocycles. The maximum absolute atomic E-state index is 10.8. The van der Waals surface area contributed by atoms with Crippen LogP contribution in [0.2, 0.25) is 0 Å². The van der Waals surface area contributed by atoms with Gasteiger partial charge in [0.05, 0.1) is 0 Å². The number of hydrogen-bond donors (Lipinski definition) is 4. The van der Waals surface area contributed by atoms with Crippen molar-refractivity contribution in [3.05, 3.63) is 36.8 Å². The van der Waals surface area contributed by atoms with Gasteiger partial charge in [0.2, 0.25) is 5.91 Å². The molecule has 148 valence electrons. The van der Waals surface area contributed by atoms with Crippen molar-refractivity contribution in [2.45, 2.75) is 47.5 Å². The quantitative estimate of drug-likeness (QED) is 0.106. The Morgan fingerprint density at radius 3 is 1.67 bits per heavy atom. The van der Waals surface area contributed by atoms with Gasteiger partial charge < -0.3 is 34.5 Å². The Hall–Kier alpha value is 1.38. The molecule has 27 heavy (non-hydrogen) atoms. The van der Waals surface area contributed by atoms with E-state index in [1.165, 1.54) is 20.0 Å². The number of amidine groups is 1. The van der Waals surface area contributed by atoms with Crippen molar-refractivity contribution >= 4 is 17.5 Å². The van der Waals surface area contributed by atoms with Crippen LogP contribution < -0.4 is 132 Å². The molecular formula is C18H38CsKN6O. The molecule has 7 nitrogen and oxygen atoms in total. The number of hydrogen-bond acceptors (Lipinski definition) is 4. The minimum Gasteiger partial charge on any atom is -0.494 e. The average molecular weight is 527 g/mol. The molecule has 1 rings (SSSR count). The Morgan fingerprint density at radius 1 is 1.11 bits per heavy atom. The van der Waals surface area contributed by atoms with Gasteiger partial charge in [0.1, 0.15) is 5.84 Å². The van der Waals surface area contributed by atoms with Gasteiger partial charge in [-0.05, 0) is 25.8 Å². The number of likely N-dealkylation sites (tertiary alicyclic amines) is 1. The smallest absolute Gasteiger partial charge is 0.494 e. The van der Waals surface area contributed by atoms with Gasteiger partial charge in [0.25, 0.3) is 0 Å². The summed E-state index contributed by atoms with van der Waals surface area (Å²) in [7, 11) is 1.49. The van der Waals surface area contributed by atoms with E-state index in [-0.39, 0.29) is 157 Å². The SMILES string of the molecule is C=CC(=O)N1CCCC1.CC.CC.C[N-]/C(N)=C(/C(C)=N)C(=N)N.[CH3-].[Cs+].[K+]. The summed E-state index contributed by atoms with van der Waals surface area (Å²) < 4.78 is 0. The van der Waals surface area contributed by atoms with Crippen LogP contribution in [0.25, 0.3) is 5.32 Å². The molecule has 1 amide bonds. The molecule has 0 atom stereocenters. The fraction of sp³-hybridized carbons (Fsp3) is 0.556. The van der Waals surface area contributed by atoms with Crippen LogP contribution in [0.1, 0.15) is 47.5 Å². The summed E-state index contributed by atoms with van der Waals surface area (Å²) in [6.07, 6.45) is 3.68. The molecule has 0 aromatic heterocycles. The molecule has 6 N–H and O–H groups in total. The van der Waals surface area contributed by atoms with Crippen LogP contribution >= 0.6 is 0 Å². The van der Waals surface area contributed by atoms with Gasteiger partial charge in [-0.2, -0.15) is 0 Å². The van der Waals surface area contributed by atoms with Crippen LogP contribution in [0.15, 0.2) is 24.0 Å². The molecule has 0 aliphatic carbocycles. The van der Waals surface area contributed by atoms with E-state index in [0.29, 0.717) is 0 Å². The van der Waals surface area contributed by atoms with Crippen molar-refractivity contribution in [2.75, 3.05) is 20.1 Å². The van der Waals surface area contributed by atoms with Crippen molar-refractivity contribution in [1.82, 2.24) is 4.90 Å². The van der Waals surface area contributed by atoms with Crippen molar-refractivity contribution in [1.29, 1.82) is 10.8 Å². The zero-order valence-electron chi connectivity index (χ0n) is 19.1. The Bertz CT molecular complexity index is 420. The molecule has 1 fully saturated rings. The third kappa shape index (κ3) is 21.9. The molecule has 0 spiro atoms. The van der Waals surface area contributed by atoms with Crippen molar-refractivity contribution in [2.24, 2.45) is 11.5 Å². The van der Waals surface area contributed by atoms with Crippen LogP contribution in [0.5, 0.6) is 0 Å². The molecule has 0 aromatic rings. The largest absolute Gasteiger partial charge is 1.00 e. The van der Waals surface area contributed by atoms with Crippen LogP contribution in [-0.4, -0.2) is 42.5 Å². The predicted octanol–water partition coefficient (Wildman–Crippen LogP) is -2.56. The Kier molecular flexibility index (Phi) is 46.5. The number of carbonyl (C=O) groups excluding carboxylic acids is 1. The van der Waals surface area contributed by atoms with E-state index in [9.17, 15) is 4.79 Å². The normalized spacial score (nSPS) is 11.3. The van der Waals surface area contributed by atoms with E-state index >= 15 is 0 Å². The summed E-state index contributed by atoms with van der Waals surface area (Å²) in [5.41, 5.74) is 10.9. The topological polar surface area (TPSA) is 134 Å². The number of nitrogens with one attached hydrogen (secondary N) is 2. The second-order valence-electron chi connectivity index (χ2n) is 4.26. The molecule has 0 aromatic carbocycles. The Labute approximate surface area is 268 Å². The van der Waals surface area contributed by atoms with E-state index in [0.717, 1.165) is 25.9 Å². The van der Waals surface area contributed by atoms with Gasteiger partial charge in [-0.25, -0.2) is 0 Å². The van der Waals surface area contributed by atoms with Crippen molar-refractivity contribution < 1.29 is 125 Å². The Morgan fingerprint density at radius 2 is 1.48 bits per heavy atom. The van der Waals surface area contributed by atoms with Gasteiger partial charge in [-0.15, -0.1) is 0 Å². The molecule has 0 unspecified atom stereocenters. The zero-order chi connectivity index (χ0) is 19.7. The van der Waals surface area contributed by atoms with Gasteiger partial charge in [0.15, 0.2) is 0 Å². The summed E-state index contributed by atoms with van der Waals surface area (Å²) in [4.78, 5) is 12.6. The summed E-state index contributed by atoms with van der Waals surface area (Å²) in [6.45, 7) is 14.8. The van der Waals surface area contributed by atoms with Gasteiger partial charge in [0, 0.05) is 24.4 Å². The first-order valence-electron chi connectivity index (χ1n) is 8.26. The second-order valence-corrected chi connectivity index (χ2v) is 4.26. The van der Waals surface area contributed by atoms with E-state index in [2.05, 4.69) is 11.9 Å². The summed E-state index contributed by atoms with van der Waals surface area (Å²) in [5.74, 6) is -0.0156. The molecule has 1 aliphatic rings. The first-order valence-corrected chi connectivity index (χ1v) is 8.26. The van der Waals surface area contributed by atoms with E-state index in [1.807, 2.05) is 32.6 Å². The molecule has 0 saturated carbocycles. The molecule has 9 heteroatoms. The van der Waals surface area contributed by atoms with Crippen molar-refractivity contribution in [3.8, 4) is 0 Å². The fourth-order valence-corrected chi connectivity index (χ4v) is 1.71. The van der Waals surface area contributed by atoms with Crippen molar-refractivity contribution in [3.63, 3.8) is 0 Å². The summed E-state index contributed by atoms with van der Waals surface area (Å²) in [6, 6.07) is 0. The maximum Gasteiger partial charge on any atom is 1.00 e. The molecule has 0 bridgehead atoms. The number of amides is 1. The van der Waals surface area contributed by atoms with E-state index in [4.69, 9.17) is 22.3 Å². The minimum atomic E-state index is -0.222.